The zero-order valence-corrected chi connectivity index (χ0v) is 21.2. The van der Waals surface area contributed by atoms with Crippen molar-refractivity contribution in [2.75, 3.05) is 7.11 Å². The van der Waals surface area contributed by atoms with Gasteiger partial charge in [-0.2, -0.15) is 0 Å². The van der Waals surface area contributed by atoms with Gasteiger partial charge in [-0.1, -0.05) is 34.1 Å². The van der Waals surface area contributed by atoms with Gasteiger partial charge in [-0.05, 0) is 58.4 Å². The number of amides is 3. The van der Waals surface area contributed by atoms with Gasteiger partial charge in [-0.3, -0.25) is 9.69 Å². The highest BCUT2D eigenvalue weighted by molar-refractivity contribution is 9.11. The van der Waals surface area contributed by atoms with Crippen LogP contribution in [-0.2, 0) is 16.1 Å². The number of nitrogens with one attached hydrogen (secondary N) is 1. The molecular formula is C24H16Br2N2O7. The van der Waals surface area contributed by atoms with E-state index in [9.17, 15) is 19.2 Å². The molecule has 2 aromatic carbocycles. The maximum absolute atomic E-state index is 13.0. The molecule has 1 fully saturated rings. The summed E-state index contributed by atoms with van der Waals surface area (Å²) in [5.41, 5.74) is 0.686. The van der Waals surface area contributed by atoms with E-state index >= 15 is 0 Å². The quantitative estimate of drug-likeness (QED) is 0.184. The van der Waals surface area contributed by atoms with E-state index in [1.54, 1.807) is 42.5 Å². The molecule has 0 aliphatic carbocycles. The molecule has 1 aromatic heterocycles. The summed E-state index contributed by atoms with van der Waals surface area (Å²) < 4.78 is 16.6. The van der Waals surface area contributed by atoms with Gasteiger partial charge in [0.05, 0.1) is 23.7 Å². The minimum atomic E-state index is -0.674. The Morgan fingerprint density at radius 1 is 1.06 bits per heavy atom. The molecule has 0 spiro atoms. The van der Waals surface area contributed by atoms with E-state index in [4.69, 9.17) is 9.15 Å². The Hall–Kier alpha value is -3.70. The summed E-state index contributed by atoms with van der Waals surface area (Å²) in [6, 6.07) is 14.0. The second kappa shape index (κ2) is 10.3. The molecule has 3 aromatic rings. The van der Waals surface area contributed by atoms with Gasteiger partial charge >= 0.3 is 18.0 Å². The van der Waals surface area contributed by atoms with E-state index in [1.165, 1.54) is 25.3 Å². The molecule has 0 saturated carbocycles. The largest absolute Gasteiger partial charge is 0.463 e. The number of methoxy groups -OCH3 is 1. The predicted molar refractivity (Wildman–Crippen MR) is 130 cm³/mol. The Morgan fingerprint density at radius 3 is 2.51 bits per heavy atom. The fraction of sp³-hybridized carbons (Fsp3) is 0.0833. The molecule has 11 heteroatoms. The van der Waals surface area contributed by atoms with Crippen LogP contribution in [0.4, 0.5) is 4.79 Å². The van der Waals surface area contributed by atoms with Crippen molar-refractivity contribution in [1.82, 2.24) is 10.2 Å². The first-order valence-electron chi connectivity index (χ1n) is 10.0. The number of hydrogen-bond acceptors (Lipinski definition) is 7. The summed E-state index contributed by atoms with van der Waals surface area (Å²) >= 11 is 6.76. The number of urea groups is 1. The number of hydrogen-bond donors (Lipinski definition) is 1. The van der Waals surface area contributed by atoms with Gasteiger partial charge in [-0.15, -0.1) is 0 Å². The highest BCUT2D eigenvalue weighted by Crippen LogP contribution is 2.35. The lowest BCUT2D eigenvalue weighted by molar-refractivity contribution is -0.123. The molecule has 4 rings (SSSR count). The first kappa shape index (κ1) is 24.4. The average molecular weight is 604 g/mol. The average Bonchev–Trinajstić information content (AvgIpc) is 3.41. The number of esters is 2. The molecule has 1 saturated heterocycles. The van der Waals surface area contributed by atoms with E-state index in [2.05, 4.69) is 41.9 Å². The third-order valence-corrected chi connectivity index (χ3v) is 5.91. The standard InChI is InChI=1S/C24H16Br2N2O7/c1-33-23(31)19-8-7-16(34-19)12-28-21(29)18(27-24(28)32)10-14-9-15(25)11-17(26)20(14)35-22(30)13-5-3-2-4-6-13/h2-11H,12H2,1H3,(H,27,32)/b18-10+. The Kier molecular flexibility index (Phi) is 7.17. The third-order valence-electron chi connectivity index (χ3n) is 4.87. The van der Waals surface area contributed by atoms with E-state index in [-0.39, 0.29) is 29.5 Å². The molecule has 9 nitrogen and oxygen atoms in total. The molecule has 3 amide bonds. The minimum absolute atomic E-state index is 0.0308. The number of nitrogens with zero attached hydrogens (tertiary/aromatic N) is 1. The van der Waals surface area contributed by atoms with Gasteiger partial charge in [0, 0.05) is 10.0 Å². The lowest BCUT2D eigenvalue weighted by atomic mass is 10.1. The van der Waals surface area contributed by atoms with Crippen LogP contribution in [0.2, 0.25) is 0 Å². The van der Waals surface area contributed by atoms with Crippen LogP contribution in [0.1, 0.15) is 32.2 Å². The summed E-state index contributed by atoms with van der Waals surface area (Å²) in [6.07, 6.45) is 1.41. The number of furan rings is 1. The van der Waals surface area contributed by atoms with Crippen LogP contribution in [0.25, 0.3) is 6.08 Å². The maximum Gasteiger partial charge on any atom is 0.373 e. The SMILES string of the molecule is COC(=O)c1ccc(CN2C(=O)N/C(=C/c3cc(Br)cc(Br)c3OC(=O)c3ccccc3)C2=O)o1. The minimum Gasteiger partial charge on any atom is -0.463 e. The van der Waals surface area contributed by atoms with Crippen molar-refractivity contribution in [2.24, 2.45) is 0 Å². The van der Waals surface area contributed by atoms with E-state index < -0.39 is 23.9 Å². The zero-order chi connectivity index (χ0) is 25.1. The van der Waals surface area contributed by atoms with Crippen LogP contribution >= 0.6 is 31.9 Å². The molecule has 1 aliphatic heterocycles. The predicted octanol–water partition coefficient (Wildman–Crippen LogP) is 4.90. The van der Waals surface area contributed by atoms with Gasteiger partial charge in [0.25, 0.3) is 5.91 Å². The van der Waals surface area contributed by atoms with Crippen LogP contribution in [-0.4, -0.2) is 35.9 Å². The summed E-state index contributed by atoms with van der Waals surface area (Å²) in [4.78, 5) is 50.6. The lowest BCUT2D eigenvalue weighted by Gasteiger charge is -2.11. The number of carbonyl (C=O) groups excluding carboxylic acids is 4. The van der Waals surface area contributed by atoms with Crippen LogP contribution in [0.15, 0.2) is 73.7 Å². The highest BCUT2D eigenvalue weighted by atomic mass is 79.9. The fourth-order valence-electron chi connectivity index (χ4n) is 3.22. The molecule has 2 heterocycles. The number of ether oxygens (including phenoxy) is 2. The van der Waals surface area contributed by atoms with Crippen molar-refractivity contribution >= 4 is 61.8 Å². The van der Waals surface area contributed by atoms with E-state index in [1.807, 2.05) is 0 Å². The number of halogens is 2. The number of carbonyl (C=O) groups is 4. The van der Waals surface area contributed by atoms with Crippen molar-refractivity contribution < 1.29 is 33.1 Å². The molecule has 0 atom stereocenters. The second-order valence-electron chi connectivity index (χ2n) is 7.20. The molecule has 35 heavy (non-hydrogen) atoms. The molecule has 0 radical (unpaired) electrons. The smallest absolute Gasteiger partial charge is 0.373 e. The maximum atomic E-state index is 13.0. The second-order valence-corrected chi connectivity index (χ2v) is 8.97. The Bertz CT molecular complexity index is 1370. The highest BCUT2D eigenvalue weighted by Gasteiger charge is 2.35. The summed E-state index contributed by atoms with van der Waals surface area (Å²) in [7, 11) is 1.21. The fourth-order valence-corrected chi connectivity index (χ4v) is 4.56. The Morgan fingerprint density at radius 2 is 1.80 bits per heavy atom. The summed E-state index contributed by atoms with van der Waals surface area (Å²) in [5, 5.41) is 2.51. The van der Waals surface area contributed by atoms with Crippen LogP contribution in [0.5, 0.6) is 5.75 Å². The normalized spacial score (nSPS) is 14.3. The van der Waals surface area contributed by atoms with Gasteiger partial charge in [-0.25, -0.2) is 14.4 Å². The molecule has 1 aliphatic rings. The van der Waals surface area contributed by atoms with Gasteiger partial charge in [0.2, 0.25) is 5.76 Å². The summed E-state index contributed by atoms with van der Waals surface area (Å²) in [6.45, 7) is -0.197. The monoisotopic (exact) mass is 602 g/mol. The number of benzene rings is 2. The van der Waals surface area contributed by atoms with Crippen LogP contribution in [0, 0.1) is 0 Å². The molecule has 1 N–H and O–H groups in total. The van der Waals surface area contributed by atoms with Crippen molar-refractivity contribution in [3.63, 3.8) is 0 Å². The van der Waals surface area contributed by atoms with Crippen molar-refractivity contribution in [3.05, 3.63) is 91.9 Å². The first-order valence-corrected chi connectivity index (χ1v) is 11.6. The zero-order valence-electron chi connectivity index (χ0n) is 18.0. The number of rotatable bonds is 6. The van der Waals surface area contributed by atoms with Gasteiger partial charge in [0.15, 0.2) is 5.75 Å². The number of imide groups is 1. The molecule has 0 bridgehead atoms. The van der Waals surface area contributed by atoms with Crippen molar-refractivity contribution in [1.29, 1.82) is 0 Å². The van der Waals surface area contributed by atoms with Crippen molar-refractivity contribution in [2.45, 2.75) is 6.54 Å². The summed E-state index contributed by atoms with van der Waals surface area (Å²) in [5.74, 6) is -1.54. The first-order chi connectivity index (χ1) is 16.8. The van der Waals surface area contributed by atoms with E-state index in [0.717, 1.165) is 4.90 Å². The molecule has 0 unspecified atom stereocenters. The Labute approximate surface area is 215 Å². The van der Waals surface area contributed by atoms with Crippen molar-refractivity contribution in [3.8, 4) is 5.75 Å². The van der Waals surface area contributed by atoms with Crippen LogP contribution in [0.3, 0.4) is 0 Å². The molecule has 178 valence electrons. The van der Waals surface area contributed by atoms with Crippen LogP contribution < -0.4 is 10.1 Å². The van der Waals surface area contributed by atoms with E-state index in [0.29, 0.717) is 20.1 Å². The lowest BCUT2D eigenvalue weighted by Crippen LogP contribution is -2.30. The van der Waals surface area contributed by atoms with Gasteiger partial charge < -0.3 is 19.2 Å². The van der Waals surface area contributed by atoms with Gasteiger partial charge in [0.1, 0.15) is 11.5 Å². The topological polar surface area (TPSA) is 115 Å². The Balaban J connectivity index is 1.60. The third kappa shape index (κ3) is 5.36. The molecular weight excluding hydrogens is 588 g/mol.